The molecule has 4 aromatic carbocycles. The normalized spacial score (nSPS) is 16.4. The van der Waals surface area contributed by atoms with Crippen molar-refractivity contribution in [3.63, 3.8) is 0 Å². The first-order valence-corrected chi connectivity index (χ1v) is 15.5. The molecule has 4 atom stereocenters. The molecule has 242 valence electrons. The lowest BCUT2D eigenvalue weighted by molar-refractivity contribution is -0.131. The van der Waals surface area contributed by atoms with Gasteiger partial charge < -0.3 is 31.5 Å². The predicted molar refractivity (Wildman–Crippen MR) is 177 cm³/mol. The van der Waals surface area contributed by atoms with Gasteiger partial charge in [-0.3, -0.25) is 19.2 Å². The Balaban J connectivity index is 1.15. The number of amides is 4. The molecule has 0 radical (unpaired) electrons. The number of nitrogens with two attached hydrogens (primary N) is 1. The Hall–Kier alpha value is -5.48. The number of ether oxygens (including phenoxy) is 1. The van der Waals surface area contributed by atoms with E-state index in [1.807, 2.05) is 85.8 Å². The van der Waals surface area contributed by atoms with Crippen LogP contribution in [0.3, 0.4) is 0 Å². The van der Waals surface area contributed by atoms with E-state index < -0.39 is 47.9 Å². The first-order valence-electron chi connectivity index (χ1n) is 15.5. The number of nitrogens with one attached hydrogen (secondary N) is 3. The van der Waals surface area contributed by atoms with Gasteiger partial charge in [-0.25, -0.2) is 0 Å². The largest absolute Gasteiger partial charge is 0.508 e. The Labute approximate surface area is 273 Å². The van der Waals surface area contributed by atoms with Gasteiger partial charge in [-0.15, -0.1) is 0 Å². The van der Waals surface area contributed by atoms with Gasteiger partial charge in [-0.1, -0.05) is 96.6 Å². The molecule has 0 aromatic heterocycles. The summed E-state index contributed by atoms with van der Waals surface area (Å²) in [6.45, 7) is 2.31. The minimum absolute atomic E-state index is 0.0670. The third kappa shape index (κ3) is 9.27. The summed E-state index contributed by atoms with van der Waals surface area (Å²) in [5, 5.41) is 17.7. The Kier molecular flexibility index (Phi) is 10.6. The molecule has 1 heterocycles. The topological polar surface area (TPSA) is 163 Å². The molecule has 1 fully saturated rings. The molecule has 0 bridgehead atoms. The summed E-state index contributed by atoms with van der Waals surface area (Å²) in [6.07, 6.45) is -1.18. The fraction of sp³-hybridized carbons (Fsp3) is 0.243. The van der Waals surface area contributed by atoms with Gasteiger partial charge in [0.25, 0.3) is 11.8 Å². The first kappa shape index (κ1) is 32.9. The van der Waals surface area contributed by atoms with Crippen molar-refractivity contribution in [3.05, 3.63) is 125 Å². The average Bonchev–Trinajstić information content (AvgIpc) is 3.88. The van der Waals surface area contributed by atoms with E-state index in [-0.39, 0.29) is 18.6 Å². The van der Waals surface area contributed by atoms with E-state index in [1.165, 1.54) is 12.1 Å². The fourth-order valence-electron chi connectivity index (χ4n) is 5.22. The standard InChI is InChI=1S/C37H38N4O6/c1-23-7-9-25(10-8-23)22-31(35(44)40-30(34(38)43)21-26-13-17-29(42)18-14-26)41-37(46)33-32(47-33)36(45)39-20-19-24-11-15-28(16-12-24)27-5-3-2-4-6-27/h2-18,30-33,42H,19-22H2,1H3,(H2,38,43)(H,39,45)(H,40,44)(H,41,46)/t30?,31-,32-,33?/m0/s1. The second-order valence-corrected chi connectivity index (χ2v) is 11.7. The number of primary amides is 1. The fourth-order valence-corrected chi connectivity index (χ4v) is 5.22. The van der Waals surface area contributed by atoms with Gasteiger partial charge in [-0.05, 0) is 53.3 Å². The zero-order chi connectivity index (χ0) is 33.3. The van der Waals surface area contributed by atoms with Gasteiger partial charge in [0.05, 0.1) is 0 Å². The minimum atomic E-state index is -1.07. The van der Waals surface area contributed by atoms with E-state index in [0.29, 0.717) is 18.5 Å². The maximum Gasteiger partial charge on any atom is 0.253 e. The van der Waals surface area contributed by atoms with Gasteiger partial charge >= 0.3 is 0 Å². The molecule has 0 aliphatic carbocycles. The van der Waals surface area contributed by atoms with Gasteiger partial charge in [0.1, 0.15) is 17.8 Å². The summed E-state index contributed by atoms with van der Waals surface area (Å²) >= 11 is 0. The van der Waals surface area contributed by atoms with Crippen molar-refractivity contribution in [2.75, 3.05) is 6.54 Å². The number of hydrogen-bond donors (Lipinski definition) is 5. The number of aromatic hydroxyl groups is 1. The van der Waals surface area contributed by atoms with Crippen LogP contribution in [0.5, 0.6) is 5.75 Å². The van der Waals surface area contributed by atoms with Crippen molar-refractivity contribution in [2.24, 2.45) is 5.73 Å². The highest BCUT2D eigenvalue weighted by molar-refractivity contribution is 5.97. The first-order chi connectivity index (χ1) is 22.7. The number of phenolic OH excluding ortho intramolecular Hbond substituents is 1. The number of benzene rings is 4. The number of aryl methyl sites for hydroxylation is 1. The summed E-state index contributed by atoms with van der Waals surface area (Å²) in [5.41, 5.74) is 11.4. The molecule has 10 heteroatoms. The van der Waals surface area contributed by atoms with E-state index >= 15 is 0 Å². The maximum absolute atomic E-state index is 13.5. The minimum Gasteiger partial charge on any atom is -0.508 e. The van der Waals surface area contributed by atoms with Crippen LogP contribution in [-0.4, -0.2) is 59.6 Å². The summed E-state index contributed by atoms with van der Waals surface area (Å²) < 4.78 is 5.41. The van der Waals surface area contributed by atoms with E-state index in [9.17, 15) is 24.3 Å². The molecule has 1 aliphatic heterocycles. The molecule has 4 aromatic rings. The molecule has 0 spiro atoms. The molecule has 4 amide bonds. The van der Waals surface area contributed by atoms with E-state index in [0.717, 1.165) is 27.8 Å². The van der Waals surface area contributed by atoms with Crippen LogP contribution in [-0.2, 0) is 43.2 Å². The van der Waals surface area contributed by atoms with Crippen molar-refractivity contribution in [1.29, 1.82) is 0 Å². The quantitative estimate of drug-likeness (QED) is 0.134. The van der Waals surface area contributed by atoms with Gasteiger partial charge in [0.15, 0.2) is 12.2 Å². The highest BCUT2D eigenvalue weighted by Crippen LogP contribution is 2.23. The van der Waals surface area contributed by atoms with Crippen LogP contribution in [0.4, 0.5) is 0 Å². The Morgan fingerprint density at radius 2 is 1.26 bits per heavy atom. The Morgan fingerprint density at radius 1 is 0.702 bits per heavy atom. The molecule has 10 nitrogen and oxygen atoms in total. The lowest BCUT2D eigenvalue weighted by atomic mass is 10.0. The average molecular weight is 635 g/mol. The number of carbonyl (C=O) groups is 4. The molecule has 1 aliphatic rings. The van der Waals surface area contributed by atoms with E-state index in [1.54, 1.807) is 12.1 Å². The lowest BCUT2D eigenvalue weighted by Crippen LogP contribution is -2.55. The van der Waals surface area contributed by atoms with Crippen molar-refractivity contribution in [3.8, 4) is 16.9 Å². The van der Waals surface area contributed by atoms with Crippen LogP contribution in [0.15, 0.2) is 103 Å². The van der Waals surface area contributed by atoms with Crippen LogP contribution in [0.2, 0.25) is 0 Å². The molecular weight excluding hydrogens is 596 g/mol. The summed E-state index contributed by atoms with van der Waals surface area (Å²) in [7, 11) is 0. The van der Waals surface area contributed by atoms with Gasteiger partial charge in [0.2, 0.25) is 11.8 Å². The SMILES string of the molecule is Cc1ccc(C[C@H](NC(=O)C2O[C@@H]2C(=O)NCCc2ccc(-c3ccccc3)cc2)C(=O)NC(Cc2ccc(O)cc2)C(N)=O)cc1. The highest BCUT2D eigenvalue weighted by Gasteiger charge is 2.51. The smallest absolute Gasteiger partial charge is 0.253 e. The Bertz CT molecular complexity index is 1690. The van der Waals surface area contributed by atoms with E-state index in [4.69, 9.17) is 10.5 Å². The summed E-state index contributed by atoms with van der Waals surface area (Å²) in [4.78, 5) is 51.6. The van der Waals surface area contributed by atoms with Crippen LogP contribution < -0.4 is 21.7 Å². The second kappa shape index (κ2) is 15.2. The number of epoxide rings is 1. The van der Waals surface area contributed by atoms with E-state index in [2.05, 4.69) is 16.0 Å². The van der Waals surface area contributed by atoms with Crippen molar-refractivity contribution in [2.45, 2.75) is 50.5 Å². The third-order valence-corrected chi connectivity index (χ3v) is 8.01. The summed E-state index contributed by atoms with van der Waals surface area (Å²) in [6, 6.07) is 29.7. The third-order valence-electron chi connectivity index (χ3n) is 8.01. The molecule has 47 heavy (non-hydrogen) atoms. The molecule has 5 rings (SSSR count). The number of rotatable bonds is 14. The molecule has 0 saturated carbocycles. The zero-order valence-electron chi connectivity index (χ0n) is 26.0. The molecule has 6 N–H and O–H groups in total. The number of carbonyl (C=O) groups excluding carboxylic acids is 4. The zero-order valence-corrected chi connectivity index (χ0v) is 26.0. The Morgan fingerprint density at radius 3 is 1.89 bits per heavy atom. The lowest BCUT2D eigenvalue weighted by Gasteiger charge is -2.22. The van der Waals surface area contributed by atoms with Crippen molar-refractivity contribution < 1.29 is 29.0 Å². The van der Waals surface area contributed by atoms with Crippen LogP contribution in [0, 0.1) is 6.92 Å². The monoisotopic (exact) mass is 634 g/mol. The molecule has 1 saturated heterocycles. The van der Waals surface area contributed by atoms with Gasteiger partial charge in [-0.2, -0.15) is 0 Å². The predicted octanol–water partition coefficient (Wildman–Crippen LogP) is 2.73. The van der Waals surface area contributed by atoms with Gasteiger partial charge in [0, 0.05) is 19.4 Å². The molecular formula is C37H38N4O6. The van der Waals surface area contributed by atoms with Crippen LogP contribution in [0.1, 0.15) is 22.3 Å². The maximum atomic E-state index is 13.5. The number of hydrogen-bond acceptors (Lipinski definition) is 6. The van der Waals surface area contributed by atoms with Crippen molar-refractivity contribution >= 4 is 23.6 Å². The molecule has 2 unspecified atom stereocenters. The summed E-state index contributed by atoms with van der Waals surface area (Å²) in [5.74, 6) is -2.31. The van der Waals surface area contributed by atoms with Crippen LogP contribution in [0.25, 0.3) is 11.1 Å². The highest BCUT2D eigenvalue weighted by atomic mass is 16.6. The van der Waals surface area contributed by atoms with Crippen molar-refractivity contribution in [1.82, 2.24) is 16.0 Å². The van der Waals surface area contributed by atoms with Crippen LogP contribution >= 0.6 is 0 Å². The number of phenols is 1. The second-order valence-electron chi connectivity index (χ2n) is 11.7.